The van der Waals surface area contributed by atoms with Crippen LogP contribution in [0.2, 0.25) is 0 Å². The van der Waals surface area contributed by atoms with E-state index in [1.54, 1.807) is 28.9 Å². The van der Waals surface area contributed by atoms with E-state index >= 15 is 0 Å². The molecular weight excluding hydrogens is 334 g/mol. The SMILES string of the molecule is COC(=O)c1ccc(NC[C@H](O)Cn2nnnc2-c2ccccc2)cc1. The summed E-state index contributed by atoms with van der Waals surface area (Å²) < 4.78 is 6.23. The first-order valence-electron chi connectivity index (χ1n) is 8.09. The number of esters is 1. The van der Waals surface area contributed by atoms with E-state index in [-0.39, 0.29) is 12.5 Å². The topological polar surface area (TPSA) is 102 Å². The third kappa shape index (κ3) is 4.22. The molecule has 26 heavy (non-hydrogen) atoms. The van der Waals surface area contributed by atoms with E-state index in [4.69, 9.17) is 0 Å². The Morgan fingerprint density at radius 3 is 2.62 bits per heavy atom. The van der Waals surface area contributed by atoms with E-state index in [2.05, 4.69) is 25.6 Å². The van der Waals surface area contributed by atoms with Gasteiger partial charge in [-0.15, -0.1) is 5.10 Å². The summed E-state index contributed by atoms with van der Waals surface area (Å²) in [5.41, 5.74) is 2.15. The van der Waals surface area contributed by atoms with E-state index in [1.807, 2.05) is 30.3 Å². The maximum Gasteiger partial charge on any atom is 0.337 e. The lowest BCUT2D eigenvalue weighted by Gasteiger charge is -2.14. The van der Waals surface area contributed by atoms with Crippen molar-refractivity contribution in [2.75, 3.05) is 19.0 Å². The number of hydrogen-bond acceptors (Lipinski definition) is 7. The summed E-state index contributed by atoms with van der Waals surface area (Å²) in [4.78, 5) is 11.4. The van der Waals surface area contributed by atoms with Crippen LogP contribution in [0.1, 0.15) is 10.4 Å². The Balaban J connectivity index is 1.58. The molecule has 1 heterocycles. The Morgan fingerprint density at radius 2 is 1.92 bits per heavy atom. The number of aromatic nitrogens is 4. The van der Waals surface area contributed by atoms with Gasteiger partial charge in [0.2, 0.25) is 0 Å². The monoisotopic (exact) mass is 353 g/mol. The van der Waals surface area contributed by atoms with Crippen molar-refractivity contribution in [2.45, 2.75) is 12.6 Å². The molecule has 8 nitrogen and oxygen atoms in total. The number of rotatable bonds is 7. The molecule has 0 aliphatic heterocycles. The van der Waals surface area contributed by atoms with Gasteiger partial charge in [0, 0.05) is 17.8 Å². The number of methoxy groups -OCH3 is 1. The normalized spacial score (nSPS) is 11.8. The van der Waals surface area contributed by atoms with Crippen LogP contribution >= 0.6 is 0 Å². The fraction of sp³-hybridized carbons (Fsp3) is 0.222. The molecule has 1 atom stereocenters. The van der Waals surface area contributed by atoms with Crippen LogP contribution in [-0.4, -0.2) is 51.0 Å². The van der Waals surface area contributed by atoms with Crippen molar-refractivity contribution in [1.29, 1.82) is 0 Å². The fourth-order valence-electron chi connectivity index (χ4n) is 2.46. The summed E-state index contributed by atoms with van der Waals surface area (Å²) in [5.74, 6) is 0.218. The zero-order valence-electron chi connectivity index (χ0n) is 14.2. The highest BCUT2D eigenvalue weighted by Crippen LogP contribution is 2.15. The maximum atomic E-state index is 11.4. The first-order valence-corrected chi connectivity index (χ1v) is 8.09. The first kappa shape index (κ1) is 17.6. The molecule has 0 bridgehead atoms. The van der Waals surface area contributed by atoms with Gasteiger partial charge in [-0.3, -0.25) is 0 Å². The first-order chi connectivity index (χ1) is 12.7. The molecule has 134 valence electrons. The van der Waals surface area contributed by atoms with Crippen molar-refractivity contribution < 1.29 is 14.6 Å². The van der Waals surface area contributed by atoms with Crippen molar-refractivity contribution in [2.24, 2.45) is 0 Å². The highest BCUT2D eigenvalue weighted by molar-refractivity contribution is 5.89. The summed E-state index contributed by atoms with van der Waals surface area (Å²) in [6.45, 7) is 0.566. The number of benzene rings is 2. The Morgan fingerprint density at radius 1 is 1.19 bits per heavy atom. The molecule has 8 heteroatoms. The molecule has 0 unspecified atom stereocenters. The van der Waals surface area contributed by atoms with E-state index < -0.39 is 6.10 Å². The summed E-state index contributed by atoms with van der Waals surface area (Å²) in [7, 11) is 1.34. The van der Waals surface area contributed by atoms with Crippen LogP contribution in [0.5, 0.6) is 0 Å². The Kier molecular flexibility index (Phi) is 5.55. The van der Waals surface area contributed by atoms with Crippen molar-refractivity contribution >= 4 is 11.7 Å². The molecule has 0 aliphatic rings. The zero-order chi connectivity index (χ0) is 18.4. The average molecular weight is 353 g/mol. The molecule has 3 rings (SSSR count). The van der Waals surface area contributed by atoms with Gasteiger partial charge in [0.25, 0.3) is 0 Å². The molecule has 0 fully saturated rings. The number of carbonyl (C=O) groups excluding carboxylic acids is 1. The quantitative estimate of drug-likeness (QED) is 0.622. The van der Waals surface area contributed by atoms with Gasteiger partial charge >= 0.3 is 5.97 Å². The van der Waals surface area contributed by atoms with Crippen LogP contribution in [0.4, 0.5) is 5.69 Å². The summed E-state index contributed by atoms with van der Waals surface area (Å²) in [5, 5.41) is 25.1. The minimum atomic E-state index is -0.693. The van der Waals surface area contributed by atoms with Gasteiger partial charge in [-0.05, 0) is 34.7 Å². The third-order valence-corrected chi connectivity index (χ3v) is 3.80. The van der Waals surface area contributed by atoms with E-state index in [9.17, 15) is 9.90 Å². The Bertz CT molecular complexity index is 849. The predicted octanol–water partition coefficient (Wildman–Crippen LogP) is 1.60. The van der Waals surface area contributed by atoms with Crippen molar-refractivity contribution in [3.05, 3.63) is 60.2 Å². The van der Waals surface area contributed by atoms with Crippen LogP contribution in [0, 0.1) is 0 Å². The molecule has 0 spiro atoms. The maximum absolute atomic E-state index is 11.4. The average Bonchev–Trinajstić information content (AvgIpc) is 3.15. The Labute approximate surface area is 150 Å². The van der Waals surface area contributed by atoms with E-state index in [1.165, 1.54) is 7.11 Å². The lowest BCUT2D eigenvalue weighted by molar-refractivity contribution is 0.0600. The zero-order valence-corrected chi connectivity index (χ0v) is 14.2. The second kappa shape index (κ2) is 8.21. The van der Waals surface area contributed by atoms with Crippen LogP contribution in [0.15, 0.2) is 54.6 Å². The summed E-state index contributed by atoms with van der Waals surface area (Å²) >= 11 is 0. The molecule has 0 radical (unpaired) electrons. The van der Waals surface area contributed by atoms with Crippen LogP contribution in [-0.2, 0) is 11.3 Å². The van der Waals surface area contributed by atoms with Crippen LogP contribution < -0.4 is 5.32 Å². The van der Waals surface area contributed by atoms with Crippen molar-refractivity contribution in [1.82, 2.24) is 20.2 Å². The highest BCUT2D eigenvalue weighted by Gasteiger charge is 2.13. The van der Waals surface area contributed by atoms with Gasteiger partial charge in [0.05, 0.1) is 25.3 Å². The smallest absolute Gasteiger partial charge is 0.337 e. The molecule has 2 aromatic carbocycles. The van der Waals surface area contributed by atoms with E-state index in [0.29, 0.717) is 17.9 Å². The minimum Gasteiger partial charge on any atom is -0.465 e. The number of ether oxygens (including phenoxy) is 1. The second-order valence-corrected chi connectivity index (χ2v) is 5.65. The predicted molar refractivity (Wildman–Crippen MR) is 95.5 cm³/mol. The number of anilines is 1. The number of aliphatic hydroxyl groups is 1. The molecule has 2 N–H and O–H groups in total. The fourth-order valence-corrected chi connectivity index (χ4v) is 2.46. The molecule has 0 amide bonds. The van der Waals surface area contributed by atoms with Crippen molar-refractivity contribution in [3.8, 4) is 11.4 Å². The minimum absolute atomic E-state index is 0.254. The summed E-state index contributed by atoms with van der Waals surface area (Å²) in [6.07, 6.45) is -0.693. The molecule has 0 saturated carbocycles. The number of nitrogens with one attached hydrogen (secondary N) is 1. The molecule has 1 aromatic heterocycles. The van der Waals surface area contributed by atoms with Gasteiger partial charge in [-0.1, -0.05) is 30.3 Å². The lowest BCUT2D eigenvalue weighted by atomic mass is 10.2. The summed E-state index contributed by atoms with van der Waals surface area (Å²) in [6, 6.07) is 16.4. The largest absolute Gasteiger partial charge is 0.465 e. The van der Waals surface area contributed by atoms with Crippen LogP contribution in [0.25, 0.3) is 11.4 Å². The highest BCUT2D eigenvalue weighted by atomic mass is 16.5. The third-order valence-electron chi connectivity index (χ3n) is 3.80. The lowest BCUT2D eigenvalue weighted by Crippen LogP contribution is -2.26. The number of hydrogen-bond donors (Lipinski definition) is 2. The number of nitrogens with zero attached hydrogens (tertiary/aromatic N) is 4. The van der Waals surface area contributed by atoms with Gasteiger partial charge in [-0.2, -0.15) is 0 Å². The van der Waals surface area contributed by atoms with Gasteiger partial charge < -0.3 is 15.2 Å². The van der Waals surface area contributed by atoms with E-state index in [0.717, 1.165) is 11.3 Å². The number of tetrazole rings is 1. The van der Waals surface area contributed by atoms with Gasteiger partial charge in [0.1, 0.15) is 0 Å². The van der Waals surface area contributed by atoms with Gasteiger partial charge in [0.15, 0.2) is 5.82 Å². The molecule has 0 saturated heterocycles. The Hall–Kier alpha value is -3.26. The number of carbonyl (C=O) groups is 1. The second-order valence-electron chi connectivity index (χ2n) is 5.65. The van der Waals surface area contributed by atoms with Crippen LogP contribution in [0.3, 0.4) is 0 Å². The van der Waals surface area contributed by atoms with Gasteiger partial charge in [-0.25, -0.2) is 9.48 Å². The molecule has 3 aromatic rings. The van der Waals surface area contributed by atoms with Crippen molar-refractivity contribution in [3.63, 3.8) is 0 Å². The standard InChI is InChI=1S/C18H19N5O3/c1-26-18(25)14-7-9-15(10-8-14)19-11-16(24)12-23-17(20-21-22-23)13-5-3-2-4-6-13/h2-10,16,19,24H,11-12H2,1H3/t16-/m0/s1. The molecular formula is C18H19N5O3. The number of aliphatic hydroxyl groups excluding tert-OH is 1. The molecule has 0 aliphatic carbocycles.